The van der Waals surface area contributed by atoms with Crippen LogP contribution in [0.25, 0.3) is 0 Å². The molecule has 0 aliphatic rings. The van der Waals surface area contributed by atoms with E-state index in [1.165, 1.54) is 0 Å². The Balaban J connectivity index is 3.30. The smallest absolute Gasteiger partial charge is 0.266 e. The Morgan fingerprint density at radius 3 is 2.71 bits per heavy atom. The van der Waals surface area contributed by atoms with Crippen molar-refractivity contribution in [1.29, 1.82) is 0 Å². The molecule has 0 amide bonds. The molecule has 0 unspecified atom stereocenters. The lowest BCUT2D eigenvalue weighted by molar-refractivity contribution is 0.540. The van der Waals surface area contributed by atoms with Crippen LogP contribution in [0.2, 0.25) is 0 Å². The molecule has 7 heavy (non-hydrogen) atoms. The van der Waals surface area contributed by atoms with Crippen LogP contribution in [0.15, 0.2) is 10.7 Å². The first-order valence-electron chi connectivity index (χ1n) is 1.93. The highest BCUT2D eigenvalue weighted by Gasteiger charge is 1.81. The summed E-state index contributed by atoms with van der Waals surface area (Å²) in [5, 5.41) is 0. The van der Waals surface area contributed by atoms with Crippen LogP contribution in [-0.4, -0.2) is 4.98 Å². The topological polar surface area (TPSA) is 28.9 Å². The average Bonchev–Trinajstić information content (AvgIpc) is 1.87. The average molecular weight is 115 g/mol. The van der Waals surface area contributed by atoms with E-state index in [-0.39, 0.29) is 0 Å². The first-order valence-corrected chi connectivity index (χ1v) is 2.34. The Labute approximate surface area is 46.2 Å². The zero-order valence-electron chi connectivity index (χ0n) is 3.89. The van der Waals surface area contributed by atoms with Gasteiger partial charge in [0.05, 0.1) is 5.69 Å². The van der Waals surface area contributed by atoms with Gasteiger partial charge in [0.15, 0.2) is 0 Å². The van der Waals surface area contributed by atoms with Crippen LogP contribution in [0.4, 0.5) is 0 Å². The van der Waals surface area contributed by atoms with E-state index in [4.69, 9.17) is 4.42 Å². The number of nitrogens with one attached hydrogen (secondary N) is 1. The molecule has 1 aromatic rings. The molecule has 0 saturated heterocycles. The minimum absolute atomic E-state index is 0.442. The second-order valence-electron chi connectivity index (χ2n) is 1.33. The van der Waals surface area contributed by atoms with E-state index >= 15 is 0 Å². The number of aromatic amines is 1. The Bertz CT molecular complexity index is 199. The van der Waals surface area contributed by atoms with E-state index in [0.29, 0.717) is 4.84 Å². The molecule has 0 aliphatic carbocycles. The van der Waals surface area contributed by atoms with E-state index in [2.05, 4.69) is 17.2 Å². The second-order valence-corrected chi connectivity index (χ2v) is 1.70. The monoisotopic (exact) mass is 115 g/mol. The molecule has 0 spiro atoms. The van der Waals surface area contributed by atoms with Gasteiger partial charge in [0.25, 0.3) is 4.84 Å². The molecule has 1 aromatic heterocycles. The SMILES string of the molecule is Cc1coc(=S)[nH]1. The van der Waals surface area contributed by atoms with Crippen molar-refractivity contribution in [3.8, 4) is 0 Å². The van der Waals surface area contributed by atoms with Crippen LogP contribution in [-0.2, 0) is 0 Å². The standard InChI is InChI=1S/C4H5NOS/c1-3-2-6-4(7)5-3/h2H,1H3,(H,5,7). The van der Waals surface area contributed by atoms with Crippen LogP contribution in [0.3, 0.4) is 0 Å². The highest BCUT2D eigenvalue weighted by Crippen LogP contribution is 1.91. The summed E-state index contributed by atoms with van der Waals surface area (Å²) in [5.41, 5.74) is 0.963. The quantitative estimate of drug-likeness (QED) is 0.521. The van der Waals surface area contributed by atoms with Gasteiger partial charge in [-0.05, 0) is 19.1 Å². The van der Waals surface area contributed by atoms with Gasteiger partial charge in [0.1, 0.15) is 6.26 Å². The first kappa shape index (κ1) is 4.59. The van der Waals surface area contributed by atoms with E-state index < -0.39 is 0 Å². The van der Waals surface area contributed by atoms with Crippen LogP contribution in [0, 0.1) is 11.8 Å². The van der Waals surface area contributed by atoms with Crippen LogP contribution < -0.4 is 0 Å². The van der Waals surface area contributed by atoms with E-state index in [1.54, 1.807) is 6.26 Å². The van der Waals surface area contributed by atoms with Gasteiger partial charge in [-0.3, -0.25) is 0 Å². The fourth-order valence-corrected chi connectivity index (χ4v) is 0.571. The van der Waals surface area contributed by atoms with Crippen molar-refractivity contribution in [3.05, 3.63) is 16.8 Å². The maximum Gasteiger partial charge on any atom is 0.266 e. The molecular formula is C4H5NOS. The summed E-state index contributed by atoms with van der Waals surface area (Å²) in [6.07, 6.45) is 1.59. The second kappa shape index (κ2) is 1.50. The molecule has 0 aliphatic heterocycles. The van der Waals surface area contributed by atoms with Crippen molar-refractivity contribution < 1.29 is 4.42 Å². The van der Waals surface area contributed by atoms with Gasteiger partial charge >= 0.3 is 0 Å². The molecule has 0 bridgehead atoms. The number of aromatic nitrogens is 1. The summed E-state index contributed by atoms with van der Waals surface area (Å²) in [5.74, 6) is 0. The molecule has 0 atom stereocenters. The molecule has 1 rings (SSSR count). The molecule has 0 radical (unpaired) electrons. The van der Waals surface area contributed by atoms with Gasteiger partial charge in [0, 0.05) is 0 Å². The summed E-state index contributed by atoms with van der Waals surface area (Å²) in [6, 6.07) is 0. The Morgan fingerprint density at radius 1 is 1.86 bits per heavy atom. The predicted octanol–water partition coefficient (Wildman–Crippen LogP) is 1.65. The number of hydrogen-bond donors (Lipinski definition) is 1. The molecule has 1 N–H and O–H groups in total. The fraction of sp³-hybridized carbons (Fsp3) is 0.250. The summed E-state index contributed by atoms with van der Waals surface area (Å²) in [7, 11) is 0. The van der Waals surface area contributed by atoms with Crippen molar-refractivity contribution in [1.82, 2.24) is 4.98 Å². The number of H-pyrrole nitrogens is 1. The van der Waals surface area contributed by atoms with Crippen molar-refractivity contribution in [2.45, 2.75) is 6.92 Å². The highest BCUT2D eigenvalue weighted by molar-refractivity contribution is 7.71. The Morgan fingerprint density at radius 2 is 2.57 bits per heavy atom. The molecule has 0 fully saturated rings. The number of hydrogen-bond acceptors (Lipinski definition) is 2. The normalized spacial score (nSPS) is 9.29. The van der Waals surface area contributed by atoms with Crippen LogP contribution >= 0.6 is 12.2 Å². The van der Waals surface area contributed by atoms with Crippen molar-refractivity contribution >= 4 is 12.2 Å². The molecule has 1 heterocycles. The Hall–Kier alpha value is -0.570. The van der Waals surface area contributed by atoms with Gasteiger partial charge in [0.2, 0.25) is 0 Å². The molecular weight excluding hydrogens is 110 g/mol. The van der Waals surface area contributed by atoms with Gasteiger partial charge in [-0.15, -0.1) is 0 Å². The molecule has 0 aromatic carbocycles. The largest absolute Gasteiger partial charge is 0.438 e. The minimum Gasteiger partial charge on any atom is -0.438 e. The summed E-state index contributed by atoms with van der Waals surface area (Å²) >= 11 is 4.61. The van der Waals surface area contributed by atoms with E-state index in [0.717, 1.165) is 5.69 Å². The zero-order valence-corrected chi connectivity index (χ0v) is 4.71. The van der Waals surface area contributed by atoms with Crippen molar-refractivity contribution in [2.24, 2.45) is 0 Å². The maximum atomic E-state index is 4.72. The number of rotatable bonds is 0. The van der Waals surface area contributed by atoms with Gasteiger partial charge in [-0.25, -0.2) is 0 Å². The van der Waals surface area contributed by atoms with Gasteiger partial charge in [-0.2, -0.15) is 0 Å². The van der Waals surface area contributed by atoms with Crippen molar-refractivity contribution in [3.63, 3.8) is 0 Å². The molecule has 38 valence electrons. The van der Waals surface area contributed by atoms with Crippen molar-refractivity contribution in [2.75, 3.05) is 0 Å². The summed E-state index contributed by atoms with van der Waals surface area (Å²) in [6.45, 7) is 1.89. The lowest BCUT2D eigenvalue weighted by Crippen LogP contribution is -1.62. The minimum atomic E-state index is 0.442. The molecule has 2 nitrogen and oxygen atoms in total. The fourth-order valence-electron chi connectivity index (χ4n) is 0.362. The van der Waals surface area contributed by atoms with Gasteiger partial charge < -0.3 is 9.40 Å². The van der Waals surface area contributed by atoms with Gasteiger partial charge in [-0.1, -0.05) is 0 Å². The van der Waals surface area contributed by atoms with E-state index in [9.17, 15) is 0 Å². The summed E-state index contributed by atoms with van der Waals surface area (Å²) < 4.78 is 4.72. The Kier molecular flexibility index (Phi) is 0.982. The third-order valence-corrected chi connectivity index (χ3v) is 0.840. The zero-order chi connectivity index (χ0) is 5.28. The van der Waals surface area contributed by atoms with E-state index in [1.807, 2.05) is 6.92 Å². The number of oxazole rings is 1. The number of aryl methyl sites for hydroxylation is 1. The lowest BCUT2D eigenvalue weighted by atomic mass is 10.6. The van der Waals surface area contributed by atoms with Crippen LogP contribution in [0.1, 0.15) is 5.69 Å². The molecule has 0 saturated carbocycles. The first-order chi connectivity index (χ1) is 3.29. The maximum absolute atomic E-state index is 4.72. The molecule has 3 heteroatoms. The third kappa shape index (κ3) is 0.899. The summed E-state index contributed by atoms with van der Waals surface area (Å²) in [4.78, 5) is 3.23. The lowest BCUT2D eigenvalue weighted by Gasteiger charge is -1.66. The van der Waals surface area contributed by atoms with Crippen LogP contribution in [0.5, 0.6) is 0 Å². The highest BCUT2D eigenvalue weighted by atomic mass is 32.1. The predicted molar refractivity (Wildman–Crippen MR) is 28.6 cm³/mol. The third-order valence-electron chi connectivity index (χ3n) is 0.642.